The second kappa shape index (κ2) is 5.82. The molecule has 3 heteroatoms. The smallest absolute Gasteiger partial charge is 0.326 e. The number of rotatable bonds is 5. The molecule has 0 amide bonds. The summed E-state index contributed by atoms with van der Waals surface area (Å²) in [6.45, 7) is 5.92. The zero-order valence-electron chi connectivity index (χ0n) is 11.0. The highest BCUT2D eigenvalue weighted by molar-refractivity contribution is 5.80. The van der Waals surface area contributed by atoms with E-state index in [9.17, 15) is 4.79 Å². The first kappa shape index (κ1) is 13.7. The number of carbonyl (C=O) groups excluding carboxylic acids is 1. The Hall–Kier alpha value is -1.35. The average molecular weight is 235 g/mol. The molecule has 94 valence electrons. The third-order valence-corrected chi connectivity index (χ3v) is 2.64. The van der Waals surface area contributed by atoms with Crippen LogP contribution in [0.5, 0.6) is 0 Å². The lowest BCUT2D eigenvalue weighted by molar-refractivity contribution is -0.148. The average Bonchev–Trinajstić information content (AvgIpc) is 2.28. The Balaban J connectivity index is 2.87. The van der Waals surface area contributed by atoms with Crippen LogP contribution in [0.25, 0.3) is 0 Å². The molecule has 1 N–H and O–H groups in total. The maximum atomic E-state index is 11.9. The summed E-state index contributed by atoms with van der Waals surface area (Å²) in [5.41, 5.74) is 0.443. The summed E-state index contributed by atoms with van der Waals surface area (Å²) in [5, 5.41) is 3.28. The van der Waals surface area contributed by atoms with Gasteiger partial charge in [0.1, 0.15) is 5.54 Å². The fraction of sp³-hybridized carbons (Fsp3) is 0.500. The van der Waals surface area contributed by atoms with Gasteiger partial charge in [0.05, 0.1) is 7.11 Å². The van der Waals surface area contributed by atoms with Gasteiger partial charge in [-0.3, -0.25) is 10.1 Å². The van der Waals surface area contributed by atoms with E-state index in [4.69, 9.17) is 4.74 Å². The van der Waals surface area contributed by atoms with Crippen molar-refractivity contribution in [3.8, 4) is 0 Å². The molecular formula is C14H21NO2. The fourth-order valence-electron chi connectivity index (χ4n) is 2.05. The molecule has 0 fully saturated rings. The highest BCUT2D eigenvalue weighted by Gasteiger charge is 2.34. The maximum absolute atomic E-state index is 11.9. The van der Waals surface area contributed by atoms with E-state index in [2.05, 4.69) is 5.32 Å². The Morgan fingerprint density at radius 1 is 1.35 bits per heavy atom. The van der Waals surface area contributed by atoms with Gasteiger partial charge in [-0.05, 0) is 26.3 Å². The van der Waals surface area contributed by atoms with Gasteiger partial charge >= 0.3 is 5.97 Å². The Labute approximate surface area is 103 Å². The van der Waals surface area contributed by atoms with E-state index < -0.39 is 5.54 Å². The van der Waals surface area contributed by atoms with Crippen molar-refractivity contribution in [2.24, 2.45) is 0 Å². The minimum Gasteiger partial charge on any atom is -0.468 e. The van der Waals surface area contributed by atoms with E-state index in [1.807, 2.05) is 51.1 Å². The summed E-state index contributed by atoms with van der Waals surface area (Å²) in [7, 11) is 1.42. The van der Waals surface area contributed by atoms with Crippen molar-refractivity contribution in [3.05, 3.63) is 35.9 Å². The summed E-state index contributed by atoms with van der Waals surface area (Å²) in [4.78, 5) is 11.9. The molecule has 3 nitrogen and oxygen atoms in total. The van der Waals surface area contributed by atoms with Crippen molar-refractivity contribution in [3.63, 3.8) is 0 Å². The Morgan fingerprint density at radius 2 is 1.94 bits per heavy atom. The SMILES string of the molecule is COC(=O)C(C)(Cc1ccccc1)NC(C)C. The molecule has 1 aromatic carbocycles. The Bertz CT molecular complexity index is 362. The van der Waals surface area contributed by atoms with Gasteiger partial charge < -0.3 is 4.74 Å². The van der Waals surface area contributed by atoms with E-state index in [1.165, 1.54) is 7.11 Å². The first-order valence-corrected chi connectivity index (χ1v) is 5.88. The predicted octanol–water partition coefficient (Wildman–Crippen LogP) is 2.16. The number of esters is 1. The number of benzene rings is 1. The third-order valence-electron chi connectivity index (χ3n) is 2.64. The number of hydrogen-bond acceptors (Lipinski definition) is 3. The molecule has 0 aliphatic rings. The Kier molecular flexibility index (Phi) is 4.70. The van der Waals surface area contributed by atoms with Crippen LogP contribution in [0.3, 0.4) is 0 Å². The van der Waals surface area contributed by atoms with Crippen LogP contribution in [-0.4, -0.2) is 24.7 Å². The number of nitrogens with one attached hydrogen (secondary N) is 1. The van der Waals surface area contributed by atoms with Gasteiger partial charge in [0.15, 0.2) is 0 Å². The van der Waals surface area contributed by atoms with Crippen LogP contribution in [0.15, 0.2) is 30.3 Å². The molecule has 17 heavy (non-hydrogen) atoms. The number of carbonyl (C=O) groups is 1. The topological polar surface area (TPSA) is 38.3 Å². The van der Waals surface area contributed by atoms with Gasteiger partial charge in [-0.1, -0.05) is 30.3 Å². The molecule has 0 spiro atoms. The zero-order chi connectivity index (χ0) is 12.9. The van der Waals surface area contributed by atoms with Gasteiger partial charge in [-0.15, -0.1) is 0 Å². The van der Waals surface area contributed by atoms with Crippen LogP contribution in [0.2, 0.25) is 0 Å². The minimum atomic E-state index is -0.676. The van der Waals surface area contributed by atoms with Crippen molar-refractivity contribution in [2.75, 3.05) is 7.11 Å². The van der Waals surface area contributed by atoms with E-state index in [-0.39, 0.29) is 12.0 Å². The molecule has 0 radical (unpaired) electrons. The molecule has 1 aromatic rings. The molecule has 0 aromatic heterocycles. The lowest BCUT2D eigenvalue weighted by atomic mass is 9.92. The second-order valence-corrected chi connectivity index (χ2v) is 4.79. The number of ether oxygens (including phenoxy) is 1. The van der Waals surface area contributed by atoms with Crippen LogP contribution >= 0.6 is 0 Å². The molecule has 0 heterocycles. The standard InChI is InChI=1S/C14H21NO2/c1-11(2)15-14(3,13(16)17-4)10-12-8-6-5-7-9-12/h5-9,11,15H,10H2,1-4H3. The third kappa shape index (κ3) is 3.86. The molecule has 1 unspecified atom stereocenters. The number of methoxy groups -OCH3 is 1. The highest BCUT2D eigenvalue weighted by Crippen LogP contribution is 2.16. The predicted molar refractivity (Wildman–Crippen MR) is 68.8 cm³/mol. The lowest BCUT2D eigenvalue weighted by Gasteiger charge is -2.30. The quantitative estimate of drug-likeness (QED) is 0.795. The summed E-state index contributed by atoms with van der Waals surface area (Å²) in [5.74, 6) is -0.227. The molecule has 0 saturated carbocycles. The molecule has 1 rings (SSSR count). The van der Waals surface area contributed by atoms with Crippen LogP contribution in [0.1, 0.15) is 26.3 Å². The highest BCUT2D eigenvalue weighted by atomic mass is 16.5. The molecule has 1 atom stereocenters. The van der Waals surface area contributed by atoms with Crippen molar-refractivity contribution < 1.29 is 9.53 Å². The van der Waals surface area contributed by atoms with Crippen LogP contribution < -0.4 is 5.32 Å². The molecule has 0 aliphatic carbocycles. The normalized spacial score (nSPS) is 14.4. The summed E-state index contributed by atoms with van der Waals surface area (Å²) in [6, 6.07) is 10.2. The van der Waals surface area contributed by atoms with E-state index >= 15 is 0 Å². The van der Waals surface area contributed by atoms with Crippen molar-refractivity contribution in [2.45, 2.75) is 38.8 Å². The monoisotopic (exact) mass is 235 g/mol. The minimum absolute atomic E-state index is 0.225. The molecular weight excluding hydrogens is 214 g/mol. The van der Waals surface area contributed by atoms with Crippen molar-refractivity contribution in [1.82, 2.24) is 5.32 Å². The fourth-order valence-corrected chi connectivity index (χ4v) is 2.05. The Morgan fingerprint density at radius 3 is 2.41 bits per heavy atom. The first-order valence-electron chi connectivity index (χ1n) is 5.88. The van der Waals surface area contributed by atoms with Gasteiger partial charge in [0.2, 0.25) is 0 Å². The first-order chi connectivity index (χ1) is 7.98. The van der Waals surface area contributed by atoms with Gasteiger partial charge in [0.25, 0.3) is 0 Å². The summed E-state index contributed by atoms with van der Waals surface area (Å²) in [6.07, 6.45) is 0.624. The summed E-state index contributed by atoms with van der Waals surface area (Å²) < 4.78 is 4.89. The molecule has 0 saturated heterocycles. The summed E-state index contributed by atoms with van der Waals surface area (Å²) >= 11 is 0. The molecule has 0 bridgehead atoms. The van der Waals surface area contributed by atoms with Gasteiger partial charge in [-0.2, -0.15) is 0 Å². The molecule has 0 aliphatic heterocycles. The van der Waals surface area contributed by atoms with Gasteiger partial charge in [-0.25, -0.2) is 0 Å². The number of hydrogen-bond donors (Lipinski definition) is 1. The second-order valence-electron chi connectivity index (χ2n) is 4.79. The largest absolute Gasteiger partial charge is 0.468 e. The van der Waals surface area contributed by atoms with E-state index in [0.717, 1.165) is 5.56 Å². The maximum Gasteiger partial charge on any atom is 0.326 e. The lowest BCUT2D eigenvalue weighted by Crippen LogP contribution is -2.54. The zero-order valence-corrected chi connectivity index (χ0v) is 11.0. The van der Waals surface area contributed by atoms with Crippen LogP contribution in [-0.2, 0) is 16.0 Å². The van der Waals surface area contributed by atoms with Crippen molar-refractivity contribution in [1.29, 1.82) is 0 Å². The van der Waals surface area contributed by atoms with Crippen LogP contribution in [0, 0.1) is 0 Å². The van der Waals surface area contributed by atoms with Crippen molar-refractivity contribution >= 4 is 5.97 Å². The van der Waals surface area contributed by atoms with Gasteiger partial charge in [0, 0.05) is 12.5 Å². The van der Waals surface area contributed by atoms with E-state index in [0.29, 0.717) is 6.42 Å². The van der Waals surface area contributed by atoms with E-state index in [1.54, 1.807) is 0 Å². The van der Waals surface area contributed by atoms with Crippen LogP contribution in [0.4, 0.5) is 0 Å².